The van der Waals surface area contributed by atoms with E-state index in [2.05, 4.69) is 4.98 Å². The van der Waals surface area contributed by atoms with Crippen LogP contribution in [0.15, 0.2) is 15.8 Å². The van der Waals surface area contributed by atoms with Gasteiger partial charge in [0, 0.05) is 39.3 Å². The molecule has 0 aromatic carbocycles. The molecule has 1 saturated heterocycles. The third-order valence-electron chi connectivity index (χ3n) is 3.60. The number of esters is 1. The standard InChI is InChI=1S/C14H21N2O8P/c1-8-6-16(14(19)15-13(8)18)12-5-10(23-9(2)17)11(24-12)7-22-25(20-3)21-4/h6,10-12H,5,7H2,1-4H3,(H,15,18,19)/t10-,11+,12+/m0/s1. The number of ether oxygens (including phenoxy) is 2. The Hall–Kier alpha value is -1.58. The smallest absolute Gasteiger partial charge is 0.332 e. The summed E-state index contributed by atoms with van der Waals surface area (Å²) < 4.78 is 27.8. The molecule has 1 aromatic rings. The van der Waals surface area contributed by atoms with E-state index in [-0.39, 0.29) is 13.0 Å². The highest BCUT2D eigenvalue weighted by molar-refractivity contribution is 7.41. The molecule has 140 valence electrons. The molecule has 1 aliphatic rings. The first-order chi connectivity index (χ1) is 11.8. The predicted molar refractivity (Wildman–Crippen MR) is 87.0 cm³/mol. The van der Waals surface area contributed by atoms with Crippen LogP contribution in [-0.2, 0) is 27.8 Å². The van der Waals surface area contributed by atoms with Gasteiger partial charge in [0.1, 0.15) is 18.4 Å². The zero-order valence-corrected chi connectivity index (χ0v) is 15.3. The fourth-order valence-corrected chi connectivity index (χ4v) is 3.10. The monoisotopic (exact) mass is 376 g/mol. The van der Waals surface area contributed by atoms with E-state index in [4.69, 9.17) is 23.0 Å². The Bertz CT molecular complexity index is 714. The molecule has 11 heteroatoms. The molecule has 3 atom stereocenters. The van der Waals surface area contributed by atoms with Gasteiger partial charge in [-0.3, -0.25) is 19.1 Å². The third-order valence-corrected chi connectivity index (χ3v) is 4.55. The van der Waals surface area contributed by atoms with Crippen molar-refractivity contribution in [3.8, 4) is 0 Å². The Morgan fingerprint density at radius 2 is 2.08 bits per heavy atom. The maximum atomic E-state index is 12.0. The van der Waals surface area contributed by atoms with E-state index < -0.39 is 44.3 Å². The van der Waals surface area contributed by atoms with E-state index in [1.807, 2.05) is 0 Å². The van der Waals surface area contributed by atoms with Crippen LogP contribution in [0.3, 0.4) is 0 Å². The summed E-state index contributed by atoms with van der Waals surface area (Å²) >= 11 is 0. The second kappa shape index (κ2) is 8.68. The van der Waals surface area contributed by atoms with Crippen LogP contribution in [0.2, 0.25) is 0 Å². The first-order valence-electron chi connectivity index (χ1n) is 7.51. The number of aromatic nitrogens is 2. The fourth-order valence-electron chi connectivity index (χ4n) is 2.47. The van der Waals surface area contributed by atoms with Crippen molar-refractivity contribution in [2.24, 2.45) is 0 Å². The quantitative estimate of drug-likeness (QED) is 0.543. The van der Waals surface area contributed by atoms with Gasteiger partial charge in [-0.15, -0.1) is 0 Å². The fraction of sp³-hybridized carbons (Fsp3) is 0.643. The van der Waals surface area contributed by atoms with Gasteiger partial charge in [-0.25, -0.2) is 4.79 Å². The number of aryl methyl sites for hydroxylation is 1. The summed E-state index contributed by atoms with van der Waals surface area (Å²) in [5, 5.41) is 0. The highest BCUT2D eigenvalue weighted by Crippen LogP contribution is 2.39. The molecule has 1 N–H and O–H groups in total. The Balaban J connectivity index is 2.17. The van der Waals surface area contributed by atoms with Crippen LogP contribution in [0.25, 0.3) is 0 Å². The largest absolute Gasteiger partial charge is 0.460 e. The molecule has 0 unspecified atom stereocenters. The molecule has 1 fully saturated rings. The zero-order chi connectivity index (χ0) is 18.6. The number of carbonyl (C=O) groups is 1. The Kier molecular flexibility index (Phi) is 6.86. The lowest BCUT2D eigenvalue weighted by Crippen LogP contribution is -2.33. The number of hydrogen-bond donors (Lipinski definition) is 1. The predicted octanol–water partition coefficient (Wildman–Crippen LogP) is 0.601. The van der Waals surface area contributed by atoms with Crippen LogP contribution in [0, 0.1) is 6.92 Å². The van der Waals surface area contributed by atoms with Crippen LogP contribution < -0.4 is 11.2 Å². The molecule has 1 aliphatic heterocycles. The average molecular weight is 376 g/mol. The van der Waals surface area contributed by atoms with Gasteiger partial charge >= 0.3 is 20.3 Å². The van der Waals surface area contributed by atoms with Gasteiger partial charge in [-0.2, -0.15) is 0 Å². The van der Waals surface area contributed by atoms with E-state index in [1.165, 1.54) is 31.9 Å². The minimum atomic E-state index is -1.53. The minimum Gasteiger partial charge on any atom is -0.460 e. The number of H-pyrrole nitrogens is 1. The number of hydrogen-bond acceptors (Lipinski definition) is 8. The highest BCUT2D eigenvalue weighted by Gasteiger charge is 2.39. The number of nitrogens with one attached hydrogen (secondary N) is 1. The van der Waals surface area contributed by atoms with Gasteiger partial charge in [0.2, 0.25) is 0 Å². The maximum absolute atomic E-state index is 12.0. The van der Waals surface area contributed by atoms with Crippen molar-refractivity contribution in [1.29, 1.82) is 0 Å². The second-order valence-corrected chi connectivity index (χ2v) is 6.81. The van der Waals surface area contributed by atoms with Gasteiger partial charge in [0.05, 0.1) is 6.61 Å². The van der Waals surface area contributed by atoms with E-state index in [1.54, 1.807) is 6.92 Å². The number of rotatable bonds is 7. The molecule has 0 saturated carbocycles. The van der Waals surface area contributed by atoms with E-state index >= 15 is 0 Å². The third kappa shape index (κ3) is 4.96. The zero-order valence-electron chi connectivity index (χ0n) is 14.4. The Labute approximate surface area is 145 Å². The molecular weight excluding hydrogens is 355 g/mol. The molecule has 10 nitrogen and oxygen atoms in total. The van der Waals surface area contributed by atoms with Gasteiger partial charge in [0.25, 0.3) is 5.56 Å². The van der Waals surface area contributed by atoms with Crippen molar-refractivity contribution >= 4 is 14.6 Å². The second-order valence-electron chi connectivity index (χ2n) is 5.38. The van der Waals surface area contributed by atoms with Crippen molar-refractivity contribution in [3.05, 3.63) is 32.6 Å². The molecule has 2 rings (SSSR count). The van der Waals surface area contributed by atoms with Crippen molar-refractivity contribution in [2.75, 3.05) is 20.8 Å². The molecule has 25 heavy (non-hydrogen) atoms. The number of nitrogens with zero attached hydrogens (tertiary/aromatic N) is 1. The normalized spacial score (nSPS) is 23.2. The first-order valence-corrected chi connectivity index (χ1v) is 8.61. The number of aromatic amines is 1. The van der Waals surface area contributed by atoms with Gasteiger partial charge in [-0.05, 0) is 6.92 Å². The average Bonchev–Trinajstić information content (AvgIpc) is 2.93. The molecular formula is C14H21N2O8P. The summed E-state index contributed by atoms with van der Waals surface area (Å²) in [6, 6.07) is 0. The lowest BCUT2D eigenvalue weighted by molar-refractivity contribution is -0.150. The highest BCUT2D eigenvalue weighted by atomic mass is 31.2. The molecule has 1 aromatic heterocycles. The molecule has 0 spiro atoms. The van der Waals surface area contributed by atoms with Gasteiger partial charge < -0.3 is 23.0 Å². The van der Waals surface area contributed by atoms with Crippen molar-refractivity contribution < 1.29 is 27.8 Å². The van der Waals surface area contributed by atoms with E-state index in [9.17, 15) is 14.4 Å². The number of carbonyl (C=O) groups excluding carboxylic acids is 1. The van der Waals surface area contributed by atoms with Crippen molar-refractivity contribution in [2.45, 2.75) is 38.7 Å². The summed E-state index contributed by atoms with van der Waals surface area (Å²) in [5.74, 6) is -0.468. The first kappa shape index (κ1) is 19.7. The minimum absolute atomic E-state index is 0.0545. The topological polar surface area (TPSA) is 118 Å². The molecule has 0 aliphatic carbocycles. The summed E-state index contributed by atoms with van der Waals surface area (Å²) in [4.78, 5) is 37.1. The Morgan fingerprint density at radius 3 is 2.68 bits per heavy atom. The van der Waals surface area contributed by atoms with Crippen molar-refractivity contribution in [3.63, 3.8) is 0 Å². The van der Waals surface area contributed by atoms with Crippen LogP contribution in [0.1, 0.15) is 25.1 Å². The van der Waals surface area contributed by atoms with Crippen LogP contribution in [-0.4, -0.2) is 48.6 Å². The lowest BCUT2D eigenvalue weighted by atomic mass is 10.2. The maximum Gasteiger partial charge on any atom is 0.332 e. The van der Waals surface area contributed by atoms with Crippen molar-refractivity contribution in [1.82, 2.24) is 9.55 Å². The molecule has 0 amide bonds. The summed E-state index contributed by atoms with van der Waals surface area (Å²) in [5.41, 5.74) is -0.685. The molecule has 2 heterocycles. The van der Waals surface area contributed by atoms with Crippen LogP contribution >= 0.6 is 8.60 Å². The summed E-state index contributed by atoms with van der Waals surface area (Å²) in [6.45, 7) is 2.93. The summed E-state index contributed by atoms with van der Waals surface area (Å²) in [7, 11) is 1.36. The van der Waals surface area contributed by atoms with E-state index in [0.717, 1.165) is 0 Å². The van der Waals surface area contributed by atoms with Crippen LogP contribution in [0.4, 0.5) is 0 Å². The Morgan fingerprint density at radius 1 is 1.40 bits per heavy atom. The SMILES string of the molecule is COP(OC)OC[C@H]1O[C@@H](n2cc(C)c(=O)[nH]c2=O)C[C@@H]1OC(C)=O. The van der Waals surface area contributed by atoms with Crippen LogP contribution in [0.5, 0.6) is 0 Å². The summed E-state index contributed by atoms with van der Waals surface area (Å²) in [6.07, 6.45) is -0.249. The lowest BCUT2D eigenvalue weighted by Gasteiger charge is -2.20. The molecule has 0 bridgehead atoms. The van der Waals surface area contributed by atoms with Gasteiger partial charge in [0.15, 0.2) is 0 Å². The van der Waals surface area contributed by atoms with E-state index in [0.29, 0.717) is 5.56 Å². The van der Waals surface area contributed by atoms with Gasteiger partial charge in [-0.1, -0.05) is 0 Å². The molecule has 0 radical (unpaired) electrons.